The fourth-order valence-electron chi connectivity index (χ4n) is 12.5. The second-order valence-corrected chi connectivity index (χ2v) is 20.8. The Morgan fingerprint density at radius 1 is 0.819 bits per heavy atom. The van der Waals surface area contributed by atoms with E-state index >= 15 is 0 Å². The fraction of sp³-hybridized carbons (Fsp3) is 0.377. The van der Waals surface area contributed by atoms with Gasteiger partial charge in [-0.25, -0.2) is 0 Å². The van der Waals surface area contributed by atoms with Gasteiger partial charge >= 0.3 is 0 Å². The second kappa shape index (κ2) is 20.6. The number of aromatic hydroxyl groups is 3. The number of dihydropyridines is 1. The molecular formula is C61H67N3O8. The van der Waals surface area contributed by atoms with Crippen LogP contribution in [0.5, 0.6) is 23.0 Å². The van der Waals surface area contributed by atoms with Gasteiger partial charge in [0, 0.05) is 65.1 Å². The molecule has 12 rings (SSSR count). The first-order chi connectivity index (χ1) is 35.1. The summed E-state index contributed by atoms with van der Waals surface area (Å²) in [5, 5.41) is 60.5. The van der Waals surface area contributed by atoms with Crippen LogP contribution in [0.25, 0.3) is 22.7 Å². The van der Waals surface area contributed by atoms with Crippen molar-refractivity contribution in [2.75, 3.05) is 19.8 Å². The molecule has 0 saturated carbocycles. The van der Waals surface area contributed by atoms with Crippen LogP contribution in [0.4, 0.5) is 0 Å². The van der Waals surface area contributed by atoms with Gasteiger partial charge in [0.25, 0.3) is 0 Å². The molecule has 11 heteroatoms. The summed E-state index contributed by atoms with van der Waals surface area (Å²) < 4.78 is 22.0. The molecule has 0 spiro atoms. The standard InChI is InChI=1S/C61H67N3O8/c62-58-21-17-42-35-71-50(12-4-2-1-3-8-38-14-20-55(67)43(24-38)25-39-9-7-11-49(66)26-39)31-56(68)41-16-19-51-52(29-41)45(34-65)30-57(69)59(51)72-36-46-28-48(27-44-32-64(33-53(44)46)60(42)63-58)61-22-23-70-37-47(61)18-15-40-10-5-6-13-54(40)61/h5-7,9-11,13-14,16-17,19-21,24,26-28,30,32-33,41,47,50,56,58,63,65-69H,1-4,8,12,15,18,22-23,25,29,31,34-37,62H2. The Kier molecular flexibility index (Phi) is 13.8. The Morgan fingerprint density at radius 3 is 2.60 bits per heavy atom. The summed E-state index contributed by atoms with van der Waals surface area (Å²) in [7, 11) is 0. The molecule has 374 valence electrons. The van der Waals surface area contributed by atoms with Crippen LogP contribution in [0.3, 0.4) is 0 Å². The van der Waals surface area contributed by atoms with Crippen molar-refractivity contribution in [3.63, 3.8) is 0 Å². The van der Waals surface area contributed by atoms with Crippen LogP contribution in [-0.2, 0) is 53.8 Å². The Morgan fingerprint density at radius 2 is 1.71 bits per heavy atom. The number of aliphatic hydroxyl groups excluding tert-OH is 2. The SMILES string of the molecule is NC1C=CC2=C(N1)n1cc3cc(C45CCOCC4CCc4ccccc45)cc(c3c1)COc1c(O)cc(CO)c3c1C=CC(C3)C(O)CC(CCCCCCc1ccc(O)c(Cc3cccc(O)c3)c1)OC2. The monoisotopic (exact) mass is 969 g/mol. The molecule has 0 amide bonds. The summed E-state index contributed by atoms with van der Waals surface area (Å²) in [6.45, 7) is 1.63. The van der Waals surface area contributed by atoms with E-state index in [1.54, 1.807) is 24.3 Å². The van der Waals surface area contributed by atoms with Crippen LogP contribution < -0.4 is 15.8 Å². The lowest BCUT2D eigenvalue weighted by molar-refractivity contribution is 0.00497. The molecular weight excluding hydrogens is 903 g/mol. The van der Waals surface area contributed by atoms with Crippen LogP contribution in [0.15, 0.2) is 121 Å². The lowest BCUT2D eigenvalue weighted by atomic mass is 9.57. The number of nitrogens with zero attached hydrogens (tertiary/aromatic N) is 1. The molecule has 6 aliphatic rings. The number of phenols is 3. The lowest BCUT2D eigenvalue weighted by Gasteiger charge is -2.49. The van der Waals surface area contributed by atoms with Gasteiger partial charge in [-0.05, 0) is 137 Å². The van der Waals surface area contributed by atoms with Crippen molar-refractivity contribution < 1.29 is 39.7 Å². The van der Waals surface area contributed by atoms with Crippen molar-refractivity contribution in [2.45, 2.75) is 114 Å². The maximum absolute atomic E-state index is 12.1. The summed E-state index contributed by atoms with van der Waals surface area (Å²) >= 11 is 0. The minimum Gasteiger partial charge on any atom is -0.508 e. The predicted molar refractivity (Wildman–Crippen MR) is 281 cm³/mol. The van der Waals surface area contributed by atoms with Crippen LogP contribution >= 0.6 is 0 Å². The summed E-state index contributed by atoms with van der Waals surface area (Å²) in [4.78, 5) is 0. The number of nitrogens with one attached hydrogen (secondary N) is 1. The van der Waals surface area contributed by atoms with E-state index in [2.05, 4.69) is 70.8 Å². The number of ether oxygens (including phenoxy) is 3. The zero-order valence-corrected chi connectivity index (χ0v) is 40.9. The van der Waals surface area contributed by atoms with E-state index in [0.29, 0.717) is 56.3 Å². The van der Waals surface area contributed by atoms with Gasteiger partial charge in [0.05, 0.1) is 38.2 Å². The van der Waals surface area contributed by atoms with Crippen molar-refractivity contribution in [1.82, 2.24) is 9.88 Å². The third-order valence-corrected chi connectivity index (χ3v) is 16.3. The highest BCUT2D eigenvalue weighted by molar-refractivity contribution is 5.88. The van der Waals surface area contributed by atoms with E-state index < -0.39 is 12.3 Å². The molecule has 11 nitrogen and oxygen atoms in total. The second-order valence-electron chi connectivity index (χ2n) is 20.8. The Labute approximate surface area is 421 Å². The number of hydrogen-bond donors (Lipinski definition) is 7. The molecule has 0 radical (unpaired) electrons. The average Bonchev–Trinajstić information content (AvgIpc) is 3.83. The van der Waals surface area contributed by atoms with Crippen LogP contribution in [0.1, 0.15) is 107 Å². The fourth-order valence-corrected chi connectivity index (χ4v) is 12.5. The number of nitrogens with two attached hydrogens (primary N) is 1. The quantitative estimate of drug-likeness (QED) is 0.0620. The molecule has 1 aromatic heterocycles. The molecule has 8 N–H and O–H groups in total. The van der Waals surface area contributed by atoms with Gasteiger partial charge in [0.2, 0.25) is 0 Å². The third kappa shape index (κ3) is 9.56. The number of rotatable bonds is 11. The maximum Gasteiger partial charge on any atom is 0.168 e. The molecule has 1 fully saturated rings. The van der Waals surface area contributed by atoms with Crippen molar-refractivity contribution >= 4 is 22.7 Å². The molecule has 1 saturated heterocycles. The number of aryl methyl sites for hydroxylation is 2. The molecule has 6 bridgehead atoms. The lowest BCUT2D eigenvalue weighted by Crippen LogP contribution is -2.47. The highest BCUT2D eigenvalue weighted by atomic mass is 16.5. The zero-order chi connectivity index (χ0) is 49.3. The van der Waals surface area contributed by atoms with Gasteiger partial charge in [-0.2, -0.15) is 0 Å². The topological polar surface area (TPSA) is 172 Å². The van der Waals surface area contributed by atoms with E-state index in [9.17, 15) is 25.5 Å². The summed E-state index contributed by atoms with van der Waals surface area (Å²) in [6, 6.07) is 28.2. The van der Waals surface area contributed by atoms with Gasteiger partial charge in [0.1, 0.15) is 23.9 Å². The van der Waals surface area contributed by atoms with E-state index in [4.69, 9.17) is 19.9 Å². The summed E-state index contributed by atoms with van der Waals surface area (Å²) in [5.74, 6) is 1.72. The van der Waals surface area contributed by atoms with Gasteiger partial charge in [-0.3, -0.25) is 0 Å². The number of aliphatic hydroxyl groups is 2. The van der Waals surface area contributed by atoms with Gasteiger partial charge in [-0.1, -0.05) is 92.1 Å². The van der Waals surface area contributed by atoms with E-state index in [1.807, 2.05) is 36.4 Å². The largest absolute Gasteiger partial charge is 0.508 e. The van der Waals surface area contributed by atoms with Crippen molar-refractivity contribution in [3.8, 4) is 23.0 Å². The first-order valence-corrected chi connectivity index (χ1v) is 26.1. The van der Waals surface area contributed by atoms with Crippen molar-refractivity contribution in [3.05, 3.63) is 177 Å². The zero-order valence-electron chi connectivity index (χ0n) is 40.9. The van der Waals surface area contributed by atoms with Crippen LogP contribution in [-0.4, -0.2) is 68.3 Å². The first kappa shape index (κ1) is 48.0. The number of unbranched alkanes of at least 4 members (excludes halogenated alkanes) is 3. The summed E-state index contributed by atoms with van der Waals surface area (Å²) in [6.07, 6.45) is 20.9. The normalized spacial score (nSPS) is 23.7. The van der Waals surface area contributed by atoms with Crippen LogP contribution in [0.2, 0.25) is 0 Å². The summed E-state index contributed by atoms with van der Waals surface area (Å²) in [5.41, 5.74) is 17.5. The molecule has 2 aliphatic carbocycles. The number of benzene rings is 5. The number of aromatic nitrogens is 1. The number of hydrogen-bond acceptors (Lipinski definition) is 10. The molecule has 5 aromatic carbocycles. The van der Waals surface area contributed by atoms with E-state index in [-0.39, 0.29) is 47.9 Å². The molecule has 4 aliphatic heterocycles. The van der Waals surface area contributed by atoms with E-state index in [1.165, 1.54) is 22.3 Å². The Hall–Kier alpha value is -6.34. The first-order valence-electron chi connectivity index (χ1n) is 26.1. The maximum atomic E-state index is 12.1. The average molecular weight is 970 g/mol. The smallest absolute Gasteiger partial charge is 0.168 e. The van der Waals surface area contributed by atoms with Gasteiger partial charge in [-0.15, -0.1) is 0 Å². The molecule has 5 heterocycles. The molecule has 6 aromatic rings. The molecule has 6 atom stereocenters. The minimum absolute atomic E-state index is 0.0293. The predicted octanol–water partition coefficient (Wildman–Crippen LogP) is 9.83. The van der Waals surface area contributed by atoms with Crippen molar-refractivity contribution in [2.24, 2.45) is 17.6 Å². The molecule has 6 unspecified atom stereocenters. The van der Waals surface area contributed by atoms with Crippen molar-refractivity contribution in [1.29, 1.82) is 0 Å². The number of phenolic OH excluding ortho intramolecular Hbond substituents is 3. The third-order valence-electron chi connectivity index (χ3n) is 16.3. The Balaban J connectivity index is 0.898. The molecule has 72 heavy (non-hydrogen) atoms. The highest BCUT2D eigenvalue weighted by Crippen LogP contribution is 2.52. The highest BCUT2D eigenvalue weighted by Gasteiger charge is 2.47. The Bertz CT molecular complexity index is 3060. The minimum atomic E-state index is -0.727. The van der Waals surface area contributed by atoms with E-state index in [0.717, 1.165) is 108 Å². The van der Waals surface area contributed by atoms with Gasteiger partial charge in [0.15, 0.2) is 11.5 Å². The number of fused-ring (bicyclic) bond motifs is 8. The van der Waals surface area contributed by atoms with Gasteiger partial charge < -0.3 is 55.4 Å². The van der Waals surface area contributed by atoms with Crippen LogP contribution in [0, 0.1) is 11.8 Å².